The molecule has 3 aliphatic rings. The molecule has 0 radical (unpaired) electrons. The van der Waals surface area contributed by atoms with Gasteiger partial charge in [0.25, 0.3) is 70.8 Å². The first kappa shape index (κ1) is 65.8. The van der Waals surface area contributed by atoms with Crippen LogP contribution in [-0.2, 0) is 99.4 Å². The highest BCUT2D eigenvalue weighted by atomic mass is 32.2. The van der Waals surface area contributed by atoms with E-state index in [0.717, 1.165) is 18.2 Å². The number of hydrogen-bond donors (Lipinski definition) is 8. The molecule has 0 aromatic heterocycles. The number of carboxylic acid groups (broad SMARTS) is 1. The molecular formula is C52H58N3O24S7+. The number of carbonyl (C=O) groups is 2. The van der Waals surface area contributed by atoms with Gasteiger partial charge in [0.2, 0.25) is 11.6 Å². The minimum Gasteiger partial charge on any atom is -0.478 e. The first-order valence-electron chi connectivity index (χ1n) is 25.9. The second kappa shape index (κ2) is 23.1. The zero-order chi connectivity index (χ0) is 63.9. The van der Waals surface area contributed by atoms with E-state index in [4.69, 9.17) is 0 Å². The smallest absolute Gasteiger partial charge is 0.335 e. The van der Waals surface area contributed by atoms with Crippen molar-refractivity contribution in [3.8, 4) is 0 Å². The Morgan fingerprint density at radius 3 is 1.69 bits per heavy atom. The summed E-state index contributed by atoms with van der Waals surface area (Å²) in [6, 6.07) is 10.6. The lowest BCUT2D eigenvalue weighted by atomic mass is 9.74. The second-order valence-electron chi connectivity index (χ2n) is 21.7. The summed E-state index contributed by atoms with van der Waals surface area (Å²) in [5.74, 6) is -3.44. The molecule has 27 nitrogen and oxygen atoms in total. The maximum Gasteiger partial charge on any atom is 0.335 e. The molecule has 0 fully saturated rings. The summed E-state index contributed by atoms with van der Waals surface area (Å²) in [6.07, 6.45) is 4.70. The van der Waals surface area contributed by atoms with Crippen molar-refractivity contribution in [3.05, 3.63) is 112 Å². The Morgan fingerprint density at radius 1 is 0.605 bits per heavy atom. The number of allylic oxidation sites excluding steroid dienone is 4. The van der Waals surface area contributed by atoms with Crippen LogP contribution >= 0.6 is 0 Å². The lowest BCUT2D eigenvalue weighted by Crippen LogP contribution is -2.36. The Balaban J connectivity index is 1.24. The van der Waals surface area contributed by atoms with E-state index in [2.05, 4.69) is 0 Å². The summed E-state index contributed by atoms with van der Waals surface area (Å²) < 4.78 is 248. The molecule has 1 atom stereocenters. The molecule has 86 heavy (non-hydrogen) atoms. The summed E-state index contributed by atoms with van der Waals surface area (Å²) in [4.78, 5) is 24.2. The minimum absolute atomic E-state index is 0.0323. The quantitative estimate of drug-likeness (QED) is 0.0237. The van der Waals surface area contributed by atoms with Crippen molar-refractivity contribution < 1.29 is 110 Å². The molecule has 1 amide bonds. The standard InChI is InChI=1S/C52H57N3O24S7/c1-51(2)45(10-7-11-46-52(3,18-8-22-80(59,60)61)49-38-27-34(83(68,69)70)29-44(86(77,78)79)36(38)14-16-41(49)55(46)20-9-23-81(62,63)64)54(40-15-13-35-37(48(40)51)26-33(82(65,66)67)28-43(35)85(74,75)76)19-6-4-5-12-47(56)53-21-17-31-24-32(50(57)58)25-42(39(31)30-53)84(71,72)73/h7,10-11,13-16,24-29H,4-6,8-9,12,17-23,30H2,1-3H3,(H7-,57,58,59,60,61,62,63,64,65,66,67,68,69,70,71,72,73,74,75,76,77,78,79)/p+1. The normalized spacial score (nSPS) is 18.1. The summed E-state index contributed by atoms with van der Waals surface area (Å²) in [7, 11) is -35.0. The number of carbonyl (C=O) groups excluding carboxylic acids is 1. The molecule has 0 saturated carbocycles. The lowest BCUT2D eigenvalue weighted by Gasteiger charge is -2.30. The van der Waals surface area contributed by atoms with Gasteiger partial charge in [-0.25, -0.2) is 4.79 Å². The van der Waals surface area contributed by atoms with Crippen LogP contribution in [0, 0.1) is 0 Å². The highest BCUT2D eigenvalue weighted by molar-refractivity contribution is 7.87. The Labute approximate surface area is 495 Å². The number of benzene rings is 5. The van der Waals surface area contributed by atoms with Crippen molar-refractivity contribution in [2.45, 2.75) is 114 Å². The molecule has 8 rings (SSSR count). The number of nitrogens with zero attached hydrogens (tertiary/aromatic N) is 3. The van der Waals surface area contributed by atoms with Crippen LogP contribution in [0.2, 0.25) is 0 Å². The summed E-state index contributed by atoms with van der Waals surface area (Å²) in [6.45, 7) is 4.66. The van der Waals surface area contributed by atoms with Gasteiger partial charge in [-0.3, -0.25) is 36.7 Å². The molecule has 5 aromatic carbocycles. The Morgan fingerprint density at radius 2 is 1.15 bits per heavy atom. The third-order valence-electron chi connectivity index (χ3n) is 15.6. The summed E-state index contributed by atoms with van der Waals surface area (Å²) in [5.41, 5.74) is -1.30. The maximum absolute atomic E-state index is 13.7. The Bertz CT molecular complexity index is 4670. The minimum atomic E-state index is -5.26. The van der Waals surface area contributed by atoms with E-state index < -0.39 is 124 Å². The van der Waals surface area contributed by atoms with E-state index in [-0.39, 0.29) is 120 Å². The lowest BCUT2D eigenvalue weighted by molar-refractivity contribution is -0.437. The molecular weight excluding hydrogens is 1280 g/mol. The summed E-state index contributed by atoms with van der Waals surface area (Å²) >= 11 is 0. The highest BCUT2D eigenvalue weighted by Gasteiger charge is 2.50. The molecule has 0 saturated heterocycles. The van der Waals surface area contributed by atoms with Crippen LogP contribution < -0.4 is 4.90 Å². The number of aromatic carboxylic acids is 1. The Kier molecular flexibility index (Phi) is 17.7. The molecule has 3 aliphatic heterocycles. The van der Waals surface area contributed by atoms with Gasteiger partial charge in [0.1, 0.15) is 16.3 Å². The molecule has 0 aliphatic carbocycles. The third kappa shape index (κ3) is 13.6. The molecule has 3 heterocycles. The molecule has 8 N–H and O–H groups in total. The van der Waals surface area contributed by atoms with Crippen LogP contribution in [0.15, 0.2) is 109 Å². The van der Waals surface area contributed by atoms with Gasteiger partial charge >= 0.3 is 5.97 Å². The van der Waals surface area contributed by atoms with Gasteiger partial charge in [0, 0.05) is 77.8 Å². The second-order valence-corrected chi connectivity index (χ2v) is 31.9. The zero-order valence-electron chi connectivity index (χ0n) is 45.7. The van der Waals surface area contributed by atoms with Gasteiger partial charge in [-0.05, 0) is 121 Å². The average molecular weight is 1330 g/mol. The van der Waals surface area contributed by atoms with E-state index in [1.807, 2.05) is 0 Å². The van der Waals surface area contributed by atoms with E-state index >= 15 is 0 Å². The highest BCUT2D eigenvalue weighted by Crippen LogP contribution is 2.53. The number of anilines is 1. The fourth-order valence-corrected chi connectivity index (χ4v) is 16.4. The van der Waals surface area contributed by atoms with Gasteiger partial charge in [0.15, 0.2) is 5.71 Å². The van der Waals surface area contributed by atoms with Crippen molar-refractivity contribution in [3.63, 3.8) is 0 Å². The molecule has 0 bridgehead atoms. The number of unbranched alkanes of at least 4 members (excludes halogenated alkanes) is 2. The van der Waals surface area contributed by atoms with Gasteiger partial charge in [0.05, 0.1) is 37.2 Å². The number of rotatable bonds is 22. The van der Waals surface area contributed by atoms with Crippen molar-refractivity contribution in [1.82, 2.24) is 4.90 Å². The summed E-state index contributed by atoms with van der Waals surface area (Å²) in [5, 5.41) is 8.91. The van der Waals surface area contributed by atoms with Crippen LogP contribution in [0.4, 0.5) is 11.4 Å². The van der Waals surface area contributed by atoms with Crippen LogP contribution in [0.5, 0.6) is 0 Å². The maximum atomic E-state index is 13.7. The van der Waals surface area contributed by atoms with Crippen molar-refractivity contribution in [2.75, 3.05) is 36.0 Å². The van der Waals surface area contributed by atoms with E-state index in [1.165, 1.54) is 52.0 Å². The fraction of sp³-hybridized carbons (Fsp3) is 0.365. The predicted molar refractivity (Wildman–Crippen MR) is 309 cm³/mol. The van der Waals surface area contributed by atoms with E-state index in [0.29, 0.717) is 47.5 Å². The van der Waals surface area contributed by atoms with Crippen LogP contribution in [0.3, 0.4) is 0 Å². The first-order chi connectivity index (χ1) is 39.4. The molecule has 5 aromatic rings. The molecule has 1 unspecified atom stereocenters. The predicted octanol–water partition coefficient (Wildman–Crippen LogP) is 5.61. The van der Waals surface area contributed by atoms with E-state index in [1.54, 1.807) is 31.7 Å². The number of fused-ring (bicyclic) bond motifs is 7. The number of carboxylic acids is 1. The zero-order valence-corrected chi connectivity index (χ0v) is 51.4. The van der Waals surface area contributed by atoms with Gasteiger partial charge < -0.3 is 14.9 Å². The number of hydrogen-bond acceptors (Lipinski definition) is 17. The Hall–Kier alpha value is -6.12. The van der Waals surface area contributed by atoms with Gasteiger partial charge in [-0.15, -0.1) is 0 Å². The first-order valence-corrected chi connectivity index (χ1v) is 36.3. The molecule has 0 spiro atoms. The van der Waals surface area contributed by atoms with Crippen molar-refractivity contribution in [2.24, 2.45) is 0 Å². The number of amides is 1. The molecule has 466 valence electrons. The van der Waals surface area contributed by atoms with Crippen LogP contribution in [0.1, 0.15) is 98.3 Å². The third-order valence-corrected chi connectivity index (χ3v) is 21.6. The van der Waals surface area contributed by atoms with E-state index in [9.17, 15) is 105 Å². The molecule has 34 heteroatoms. The van der Waals surface area contributed by atoms with Crippen LogP contribution in [0.25, 0.3) is 21.5 Å². The monoisotopic (exact) mass is 1330 g/mol. The fourth-order valence-electron chi connectivity index (χ4n) is 11.9. The van der Waals surface area contributed by atoms with Crippen molar-refractivity contribution in [1.29, 1.82) is 0 Å². The topological polar surface area (TPSA) is 444 Å². The van der Waals surface area contributed by atoms with Gasteiger partial charge in [-0.2, -0.15) is 63.5 Å². The van der Waals surface area contributed by atoms with Crippen LogP contribution in [-0.4, -0.2) is 154 Å². The van der Waals surface area contributed by atoms with Crippen molar-refractivity contribution >= 4 is 121 Å². The average Bonchev–Trinajstić information content (AvgIpc) is 1.57. The SMILES string of the molecule is CC1(CCCS(=O)(=O)O)C(/C=C/C=C2/N(CCCCCC(=O)N3CCc4cc(C(=O)O)cc(S(=O)(=O)O)c4C3)c3ccc4c(S(=O)(=O)O)cc(S(=O)(=O)O)cc4c3C2(C)C)=[N+](CCCS(=O)(=O)O)c2ccc3c(S(=O)(=O)O)cc(S(=O)(=O)O)cc3c21. The van der Waals surface area contributed by atoms with Gasteiger partial charge in [-0.1, -0.05) is 32.4 Å². The largest absolute Gasteiger partial charge is 0.478 e.